The Hall–Kier alpha value is -2.46. The highest BCUT2D eigenvalue weighted by atomic mass is 16.4. The van der Waals surface area contributed by atoms with E-state index in [1.54, 1.807) is 0 Å². The maximum absolute atomic E-state index is 11.6. The summed E-state index contributed by atoms with van der Waals surface area (Å²) in [6, 6.07) is 3.12. The van der Waals surface area contributed by atoms with Crippen molar-refractivity contribution in [1.29, 1.82) is 5.26 Å². The predicted octanol–water partition coefficient (Wildman–Crippen LogP) is -0.483. The van der Waals surface area contributed by atoms with E-state index in [9.17, 15) is 14.7 Å². The summed E-state index contributed by atoms with van der Waals surface area (Å²) in [5, 5.41) is 28.7. The molecule has 3 N–H and O–H groups in total. The van der Waals surface area contributed by atoms with Gasteiger partial charge in [0.2, 0.25) is 0 Å². The molecule has 18 heavy (non-hydrogen) atoms. The van der Waals surface area contributed by atoms with Gasteiger partial charge < -0.3 is 15.5 Å². The van der Waals surface area contributed by atoms with Gasteiger partial charge in [-0.3, -0.25) is 4.79 Å². The standard InChI is InChI=1S/C11H11N3O4/c1-6(15)9(11(17)18)14-10(16)8-3-2-7(4-12)5-13-8/h2-3,5-6,9,15H,1H3,(H,14,16)(H,17,18). The second-order valence-corrected chi connectivity index (χ2v) is 3.57. The molecule has 1 aromatic heterocycles. The third-order valence-electron chi connectivity index (χ3n) is 2.16. The summed E-state index contributed by atoms with van der Waals surface area (Å²) in [4.78, 5) is 26.1. The van der Waals surface area contributed by atoms with Crippen molar-refractivity contribution in [2.24, 2.45) is 0 Å². The molecular formula is C11H11N3O4. The molecule has 2 unspecified atom stereocenters. The highest BCUT2D eigenvalue weighted by molar-refractivity contribution is 5.95. The van der Waals surface area contributed by atoms with Gasteiger partial charge in [0.1, 0.15) is 11.8 Å². The van der Waals surface area contributed by atoms with Crippen LogP contribution in [-0.2, 0) is 4.79 Å². The number of carboxylic acids is 1. The number of carbonyl (C=O) groups is 2. The average molecular weight is 249 g/mol. The first kappa shape index (κ1) is 13.6. The number of aliphatic carboxylic acids is 1. The molecule has 0 saturated heterocycles. The Morgan fingerprint density at radius 3 is 2.56 bits per heavy atom. The maximum Gasteiger partial charge on any atom is 0.328 e. The minimum Gasteiger partial charge on any atom is -0.480 e. The molecule has 7 nitrogen and oxygen atoms in total. The molecule has 0 radical (unpaired) electrons. The van der Waals surface area contributed by atoms with Gasteiger partial charge in [0.15, 0.2) is 6.04 Å². The van der Waals surface area contributed by atoms with Crippen molar-refractivity contribution in [2.45, 2.75) is 19.1 Å². The van der Waals surface area contributed by atoms with Gasteiger partial charge >= 0.3 is 5.97 Å². The fraction of sp³-hybridized carbons (Fsp3) is 0.273. The molecule has 0 spiro atoms. The normalized spacial score (nSPS) is 13.2. The van der Waals surface area contributed by atoms with E-state index in [-0.39, 0.29) is 11.3 Å². The van der Waals surface area contributed by atoms with Gasteiger partial charge in [0.05, 0.1) is 11.7 Å². The van der Waals surface area contributed by atoms with Crippen LogP contribution in [0, 0.1) is 11.3 Å². The summed E-state index contributed by atoms with van der Waals surface area (Å²) in [6.07, 6.45) is -0.0302. The van der Waals surface area contributed by atoms with Crippen LogP contribution in [0.2, 0.25) is 0 Å². The number of hydrogen-bond acceptors (Lipinski definition) is 5. The van der Waals surface area contributed by atoms with Gasteiger partial charge in [-0.15, -0.1) is 0 Å². The molecule has 94 valence electrons. The average Bonchev–Trinajstić information content (AvgIpc) is 2.35. The zero-order chi connectivity index (χ0) is 13.7. The van der Waals surface area contributed by atoms with Gasteiger partial charge in [-0.1, -0.05) is 0 Å². The largest absolute Gasteiger partial charge is 0.480 e. The molecule has 7 heteroatoms. The smallest absolute Gasteiger partial charge is 0.328 e. The molecule has 0 fully saturated rings. The van der Waals surface area contributed by atoms with Crippen molar-refractivity contribution < 1.29 is 19.8 Å². The summed E-state index contributed by atoms with van der Waals surface area (Å²) < 4.78 is 0. The number of aliphatic hydroxyl groups excluding tert-OH is 1. The SMILES string of the molecule is CC(O)C(NC(=O)c1ccc(C#N)cn1)C(=O)O. The molecule has 1 heterocycles. The van der Waals surface area contributed by atoms with E-state index in [0.29, 0.717) is 0 Å². The molecule has 1 rings (SSSR count). The second-order valence-electron chi connectivity index (χ2n) is 3.57. The number of rotatable bonds is 4. The Kier molecular flexibility index (Phi) is 4.34. The topological polar surface area (TPSA) is 123 Å². The molecule has 1 aromatic rings. The van der Waals surface area contributed by atoms with Crippen molar-refractivity contribution in [3.63, 3.8) is 0 Å². The van der Waals surface area contributed by atoms with Crippen LogP contribution in [0.1, 0.15) is 23.0 Å². The van der Waals surface area contributed by atoms with E-state index in [1.807, 2.05) is 6.07 Å². The van der Waals surface area contributed by atoms with Gasteiger partial charge in [-0.25, -0.2) is 9.78 Å². The number of carbonyl (C=O) groups excluding carboxylic acids is 1. The third-order valence-corrected chi connectivity index (χ3v) is 2.16. The van der Waals surface area contributed by atoms with Crippen molar-refractivity contribution in [3.05, 3.63) is 29.6 Å². The molecule has 0 aliphatic heterocycles. The first-order valence-electron chi connectivity index (χ1n) is 5.03. The summed E-state index contributed by atoms with van der Waals surface area (Å²) in [6.45, 7) is 1.26. The van der Waals surface area contributed by atoms with Crippen LogP contribution in [0.4, 0.5) is 0 Å². The van der Waals surface area contributed by atoms with Gasteiger partial charge in [-0.2, -0.15) is 5.26 Å². The lowest BCUT2D eigenvalue weighted by Crippen LogP contribution is -2.47. The number of nitriles is 1. The van der Waals surface area contributed by atoms with Crippen LogP contribution in [0.15, 0.2) is 18.3 Å². The number of nitrogens with one attached hydrogen (secondary N) is 1. The number of aromatic nitrogens is 1. The van der Waals surface area contributed by atoms with E-state index in [0.717, 1.165) is 0 Å². The van der Waals surface area contributed by atoms with Crippen molar-refractivity contribution >= 4 is 11.9 Å². The summed E-state index contributed by atoms with van der Waals surface area (Å²) >= 11 is 0. The van der Waals surface area contributed by atoms with Crippen molar-refractivity contribution in [3.8, 4) is 6.07 Å². The van der Waals surface area contributed by atoms with E-state index in [2.05, 4.69) is 10.3 Å². The lowest BCUT2D eigenvalue weighted by atomic mass is 10.1. The monoisotopic (exact) mass is 249 g/mol. The molecule has 2 atom stereocenters. The van der Waals surface area contributed by atoms with Crippen LogP contribution in [0.5, 0.6) is 0 Å². The number of nitrogens with zero attached hydrogens (tertiary/aromatic N) is 2. The quantitative estimate of drug-likeness (QED) is 0.662. The molecule has 0 aliphatic carbocycles. The molecular weight excluding hydrogens is 238 g/mol. The molecule has 0 aromatic carbocycles. The molecule has 0 saturated carbocycles. The van der Waals surface area contributed by atoms with Crippen LogP contribution in [-0.4, -0.2) is 39.2 Å². The second kappa shape index (κ2) is 5.75. The van der Waals surface area contributed by atoms with Gasteiger partial charge in [0, 0.05) is 6.20 Å². The number of amides is 1. The Bertz CT molecular complexity index is 490. The Morgan fingerprint density at radius 2 is 2.17 bits per heavy atom. The van der Waals surface area contributed by atoms with Crippen LogP contribution < -0.4 is 5.32 Å². The first-order valence-corrected chi connectivity index (χ1v) is 5.03. The number of aliphatic hydroxyl groups is 1. The Balaban J connectivity index is 2.81. The zero-order valence-corrected chi connectivity index (χ0v) is 9.49. The predicted molar refractivity (Wildman–Crippen MR) is 59.5 cm³/mol. The molecule has 0 aliphatic rings. The van der Waals surface area contributed by atoms with E-state index < -0.39 is 24.0 Å². The van der Waals surface area contributed by atoms with Crippen LogP contribution in [0.3, 0.4) is 0 Å². The van der Waals surface area contributed by atoms with E-state index >= 15 is 0 Å². The third kappa shape index (κ3) is 3.26. The Labute approximate surface area is 103 Å². The zero-order valence-electron chi connectivity index (χ0n) is 9.49. The van der Waals surface area contributed by atoms with Crippen molar-refractivity contribution in [2.75, 3.05) is 0 Å². The van der Waals surface area contributed by atoms with Crippen molar-refractivity contribution in [1.82, 2.24) is 10.3 Å². The minimum absolute atomic E-state index is 0.0269. The van der Waals surface area contributed by atoms with E-state index in [4.69, 9.17) is 10.4 Å². The lowest BCUT2D eigenvalue weighted by molar-refractivity contribution is -0.141. The highest BCUT2D eigenvalue weighted by Gasteiger charge is 2.25. The van der Waals surface area contributed by atoms with Crippen LogP contribution in [0.25, 0.3) is 0 Å². The number of pyridine rings is 1. The van der Waals surface area contributed by atoms with Gasteiger partial charge in [0.25, 0.3) is 5.91 Å². The molecule has 0 bridgehead atoms. The Morgan fingerprint density at radius 1 is 1.50 bits per heavy atom. The fourth-order valence-electron chi connectivity index (χ4n) is 1.20. The van der Waals surface area contributed by atoms with Crippen LogP contribution >= 0.6 is 0 Å². The summed E-state index contributed by atoms with van der Waals surface area (Å²) in [7, 11) is 0. The minimum atomic E-state index is -1.41. The lowest BCUT2D eigenvalue weighted by Gasteiger charge is -2.16. The number of carboxylic acid groups (broad SMARTS) is 1. The van der Waals surface area contributed by atoms with E-state index in [1.165, 1.54) is 25.3 Å². The first-order chi connectivity index (χ1) is 8.45. The maximum atomic E-state index is 11.6. The van der Waals surface area contributed by atoms with Gasteiger partial charge in [-0.05, 0) is 19.1 Å². The summed E-state index contributed by atoms with van der Waals surface area (Å²) in [5.41, 5.74) is 0.262. The number of hydrogen-bond donors (Lipinski definition) is 3. The molecule has 1 amide bonds. The fourth-order valence-corrected chi connectivity index (χ4v) is 1.20. The highest BCUT2D eigenvalue weighted by Crippen LogP contribution is 2.01. The summed E-state index contributed by atoms with van der Waals surface area (Å²) in [5.74, 6) is -2.07.